The van der Waals surface area contributed by atoms with Gasteiger partial charge in [-0.2, -0.15) is 4.98 Å². The number of halogens is 1. The van der Waals surface area contributed by atoms with E-state index in [0.29, 0.717) is 10.7 Å². The second kappa shape index (κ2) is 7.44. The van der Waals surface area contributed by atoms with E-state index in [2.05, 4.69) is 15.3 Å². The molecular formula is C16H17ClN4O3. The van der Waals surface area contributed by atoms with Gasteiger partial charge in [0.25, 0.3) is 5.88 Å². The van der Waals surface area contributed by atoms with E-state index < -0.39 is 4.92 Å². The highest BCUT2D eigenvalue weighted by Crippen LogP contribution is 2.35. The number of hydrogen-bond donors (Lipinski definition) is 1. The topological polar surface area (TPSA) is 90.2 Å². The fourth-order valence-corrected chi connectivity index (χ4v) is 2.94. The molecule has 7 nitrogen and oxygen atoms in total. The zero-order valence-electron chi connectivity index (χ0n) is 12.9. The normalized spacial score (nSPS) is 15.0. The van der Waals surface area contributed by atoms with E-state index in [1.807, 2.05) is 0 Å². The van der Waals surface area contributed by atoms with Crippen LogP contribution in [0.5, 0.6) is 5.88 Å². The lowest BCUT2D eigenvalue weighted by Crippen LogP contribution is -2.21. The first-order valence-corrected chi connectivity index (χ1v) is 8.20. The average molecular weight is 349 g/mol. The van der Waals surface area contributed by atoms with Crippen LogP contribution >= 0.6 is 11.6 Å². The summed E-state index contributed by atoms with van der Waals surface area (Å²) < 4.78 is 5.79. The van der Waals surface area contributed by atoms with E-state index in [1.165, 1.54) is 12.7 Å². The smallest absolute Gasteiger partial charge is 0.373 e. The highest BCUT2D eigenvalue weighted by molar-refractivity contribution is 6.30. The van der Waals surface area contributed by atoms with Crippen LogP contribution in [-0.2, 0) is 0 Å². The molecule has 0 bridgehead atoms. The lowest BCUT2D eigenvalue weighted by atomic mass is 9.98. The van der Waals surface area contributed by atoms with E-state index in [1.54, 1.807) is 24.3 Å². The van der Waals surface area contributed by atoms with Crippen LogP contribution < -0.4 is 10.1 Å². The SMILES string of the molecule is O=[N+]([O-])c1c(Nc2cccc(Cl)c2)ncnc1OC1CCCCC1. The zero-order valence-corrected chi connectivity index (χ0v) is 13.7. The molecule has 1 heterocycles. The highest BCUT2D eigenvalue weighted by Gasteiger charge is 2.27. The predicted molar refractivity (Wildman–Crippen MR) is 90.9 cm³/mol. The molecule has 0 spiro atoms. The van der Waals surface area contributed by atoms with E-state index in [9.17, 15) is 10.1 Å². The molecule has 1 fully saturated rings. The van der Waals surface area contributed by atoms with Crippen molar-refractivity contribution in [2.75, 3.05) is 5.32 Å². The largest absolute Gasteiger partial charge is 0.469 e. The van der Waals surface area contributed by atoms with Gasteiger partial charge < -0.3 is 10.1 Å². The van der Waals surface area contributed by atoms with Crippen LogP contribution in [0.3, 0.4) is 0 Å². The van der Waals surface area contributed by atoms with Crippen LogP contribution in [0.4, 0.5) is 17.2 Å². The number of nitrogens with zero attached hydrogens (tertiary/aromatic N) is 3. The summed E-state index contributed by atoms with van der Waals surface area (Å²) in [5.41, 5.74) is 0.343. The van der Waals surface area contributed by atoms with Crippen molar-refractivity contribution < 1.29 is 9.66 Å². The van der Waals surface area contributed by atoms with Gasteiger partial charge in [0.1, 0.15) is 12.4 Å². The molecule has 1 N–H and O–H groups in total. The molecule has 1 aromatic heterocycles. The van der Waals surface area contributed by atoms with Gasteiger partial charge in [-0.05, 0) is 43.9 Å². The van der Waals surface area contributed by atoms with Gasteiger partial charge in [0, 0.05) is 10.7 Å². The number of aromatic nitrogens is 2. The first-order chi connectivity index (χ1) is 11.6. The molecule has 1 aromatic carbocycles. The monoisotopic (exact) mass is 348 g/mol. The third kappa shape index (κ3) is 3.91. The quantitative estimate of drug-likeness (QED) is 0.632. The second-order valence-corrected chi connectivity index (χ2v) is 6.08. The van der Waals surface area contributed by atoms with Gasteiger partial charge >= 0.3 is 5.69 Å². The fraction of sp³-hybridized carbons (Fsp3) is 0.375. The molecule has 126 valence electrons. The molecule has 0 unspecified atom stereocenters. The minimum Gasteiger partial charge on any atom is -0.469 e. The highest BCUT2D eigenvalue weighted by atomic mass is 35.5. The number of anilines is 2. The van der Waals surface area contributed by atoms with E-state index in [0.717, 1.165) is 25.7 Å². The van der Waals surface area contributed by atoms with Gasteiger partial charge in [0.15, 0.2) is 0 Å². The third-order valence-electron chi connectivity index (χ3n) is 3.89. The maximum Gasteiger partial charge on any atom is 0.373 e. The Morgan fingerprint density at radius 3 is 2.75 bits per heavy atom. The summed E-state index contributed by atoms with van der Waals surface area (Å²) in [6.07, 6.45) is 6.31. The van der Waals surface area contributed by atoms with Crippen molar-refractivity contribution in [3.05, 3.63) is 45.7 Å². The average Bonchev–Trinajstić information content (AvgIpc) is 2.56. The minimum atomic E-state index is -0.523. The van der Waals surface area contributed by atoms with Crippen molar-refractivity contribution in [3.8, 4) is 5.88 Å². The Morgan fingerprint density at radius 1 is 1.25 bits per heavy atom. The molecule has 8 heteroatoms. The predicted octanol–water partition coefficient (Wildman–Crippen LogP) is 4.49. The second-order valence-electron chi connectivity index (χ2n) is 5.65. The van der Waals surface area contributed by atoms with Crippen LogP contribution in [0.15, 0.2) is 30.6 Å². The molecular weight excluding hydrogens is 332 g/mol. The summed E-state index contributed by atoms with van der Waals surface area (Å²) in [6, 6.07) is 6.88. The Balaban J connectivity index is 1.88. The van der Waals surface area contributed by atoms with Crippen molar-refractivity contribution in [1.29, 1.82) is 0 Å². The third-order valence-corrected chi connectivity index (χ3v) is 4.12. The molecule has 24 heavy (non-hydrogen) atoms. The summed E-state index contributed by atoms with van der Waals surface area (Å²) in [5.74, 6) is 0.0921. The van der Waals surface area contributed by atoms with Gasteiger partial charge in [-0.1, -0.05) is 24.1 Å². The van der Waals surface area contributed by atoms with Crippen LogP contribution in [0.1, 0.15) is 32.1 Å². The van der Waals surface area contributed by atoms with E-state index in [4.69, 9.17) is 16.3 Å². The van der Waals surface area contributed by atoms with Crippen molar-refractivity contribution in [2.45, 2.75) is 38.2 Å². The minimum absolute atomic E-state index is 0.00595. The molecule has 0 atom stereocenters. The summed E-state index contributed by atoms with van der Waals surface area (Å²) in [7, 11) is 0. The lowest BCUT2D eigenvalue weighted by molar-refractivity contribution is -0.385. The summed E-state index contributed by atoms with van der Waals surface area (Å²) in [5, 5.41) is 15.0. The van der Waals surface area contributed by atoms with Gasteiger partial charge in [-0.25, -0.2) is 4.98 Å². The molecule has 0 aliphatic heterocycles. The number of nitro groups is 1. The number of nitrogens with one attached hydrogen (secondary N) is 1. The Morgan fingerprint density at radius 2 is 2.04 bits per heavy atom. The summed E-state index contributed by atoms with van der Waals surface area (Å²) in [6.45, 7) is 0. The van der Waals surface area contributed by atoms with Crippen molar-refractivity contribution in [3.63, 3.8) is 0 Å². The molecule has 3 rings (SSSR count). The number of hydrogen-bond acceptors (Lipinski definition) is 6. The number of rotatable bonds is 5. The number of benzene rings is 1. The van der Waals surface area contributed by atoms with Crippen LogP contribution in [0.2, 0.25) is 5.02 Å². The van der Waals surface area contributed by atoms with Crippen LogP contribution in [0, 0.1) is 10.1 Å². The maximum atomic E-state index is 11.5. The van der Waals surface area contributed by atoms with Crippen molar-refractivity contribution in [2.24, 2.45) is 0 Å². The van der Waals surface area contributed by atoms with Crippen molar-refractivity contribution >= 4 is 28.8 Å². The molecule has 0 amide bonds. The molecule has 0 radical (unpaired) electrons. The first kappa shape index (κ1) is 16.4. The molecule has 1 aliphatic rings. The maximum absolute atomic E-state index is 11.5. The van der Waals surface area contributed by atoms with Crippen molar-refractivity contribution in [1.82, 2.24) is 9.97 Å². The van der Waals surface area contributed by atoms with Crippen LogP contribution in [0.25, 0.3) is 0 Å². The molecule has 2 aromatic rings. The van der Waals surface area contributed by atoms with Gasteiger partial charge in [-0.3, -0.25) is 10.1 Å². The Kier molecular flexibility index (Phi) is 5.10. The zero-order chi connectivity index (χ0) is 16.9. The number of ether oxygens (including phenoxy) is 1. The first-order valence-electron chi connectivity index (χ1n) is 7.82. The molecule has 1 aliphatic carbocycles. The van der Waals surface area contributed by atoms with Gasteiger partial charge in [0.2, 0.25) is 5.82 Å². The molecule has 1 saturated carbocycles. The Labute approximate surface area is 144 Å². The standard InChI is InChI=1S/C16H17ClN4O3/c17-11-5-4-6-12(9-11)20-15-14(21(22)23)16(19-10-18-15)24-13-7-2-1-3-8-13/h4-6,9-10,13H,1-3,7-8H2,(H,18,19,20). The Hall–Kier alpha value is -2.41. The van der Waals surface area contributed by atoms with Gasteiger partial charge in [-0.15, -0.1) is 0 Å². The van der Waals surface area contributed by atoms with Crippen LogP contribution in [-0.4, -0.2) is 21.0 Å². The van der Waals surface area contributed by atoms with Gasteiger partial charge in [0.05, 0.1) is 4.92 Å². The summed E-state index contributed by atoms with van der Waals surface area (Å²) in [4.78, 5) is 19.0. The Bertz CT molecular complexity index is 735. The van der Waals surface area contributed by atoms with E-state index in [-0.39, 0.29) is 23.5 Å². The summed E-state index contributed by atoms with van der Waals surface area (Å²) >= 11 is 5.94. The van der Waals surface area contributed by atoms with E-state index >= 15 is 0 Å². The fourth-order valence-electron chi connectivity index (χ4n) is 2.75. The molecule has 0 saturated heterocycles. The lowest BCUT2D eigenvalue weighted by Gasteiger charge is -2.22.